The van der Waals surface area contributed by atoms with Gasteiger partial charge in [0.1, 0.15) is 19.0 Å². The lowest BCUT2D eigenvalue weighted by Crippen LogP contribution is -2.49. The van der Waals surface area contributed by atoms with Gasteiger partial charge in [0, 0.05) is 42.8 Å². The number of imide groups is 1. The number of carbonyl (C=O) groups excluding carboxylic acids is 3. The van der Waals surface area contributed by atoms with Crippen LogP contribution in [0.25, 0.3) is 0 Å². The van der Waals surface area contributed by atoms with Crippen molar-refractivity contribution < 1.29 is 23.9 Å². The number of hydrogen-bond donors (Lipinski definition) is 1. The van der Waals surface area contributed by atoms with E-state index in [-0.39, 0.29) is 29.1 Å². The molecule has 0 radical (unpaired) electrons. The van der Waals surface area contributed by atoms with Crippen molar-refractivity contribution in [3.63, 3.8) is 0 Å². The van der Waals surface area contributed by atoms with E-state index in [4.69, 9.17) is 32.7 Å². The van der Waals surface area contributed by atoms with E-state index in [2.05, 4.69) is 10.2 Å². The van der Waals surface area contributed by atoms with Crippen molar-refractivity contribution >= 4 is 52.2 Å². The smallest absolute Gasteiger partial charge is 0.410 e. The van der Waals surface area contributed by atoms with Crippen LogP contribution in [0.4, 0.5) is 9.59 Å². The molecule has 11 heteroatoms. The highest BCUT2D eigenvalue weighted by Gasteiger charge is 2.31. The van der Waals surface area contributed by atoms with Gasteiger partial charge in [-0.2, -0.15) is 0 Å². The molecule has 2 heterocycles. The maximum Gasteiger partial charge on any atom is 0.410 e. The Balaban J connectivity index is 1.13. The van der Waals surface area contributed by atoms with Gasteiger partial charge in [-0.1, -0.05) is 47.1 Å². The lowest BCUT2D eigenvalue weighted by molar-refractivity contribution is -0.118. The van der Waals surface area contributed by atoms with Gasteiger partial charge in [0.05, 0.1) is 5.25 Å². The molecule has 8 nitrogen and oxygen atoms in total. The van der Waals surface area contributed by atoms with Crippen molar-refractivity contribution in [2.45, 2.75) is 18.3 Å². The van der Waals surface area contributed by atoms with Crippen LogP contribution in [-0.4, -0.2) is 71.6 Å². The minimum atomic E-state index is -0.374. The molecule has 4 rings (SSSR count). The Bertz CT molecular complexity index is 1060. The van der Waals surface area contributed by atoms with Gasteiger partial charge < -0.3 is 14.4 Å². The average molecular weight is 538 g/mol. The maximum atomic E-state index is 12.4. The monoisotopic (exact) mass is 537 g/mol. The first-order valence-corrected chi connectivity index (χ1v) is 12.8. The molecular weight excluding hydrogens is 513 g/mol. The summed E-state index contributed by atoms with van der Waals surface area (Å²) in [4.78, 5) is 39.3. The van der Waals surface area contributed by atoms with Gasteiger partial charge in [0.25, 0.3) is 5.24 Å². The predicted octanol–water partition coefficient (Wildman–Crippen LogP) is 4.22. The van der Waals surface area contributed by atoms with E-state index < -0.39 is 0 Å². The first-order chi connectivity index (χ1) is 16.9. The second-order valence-electron chi connectivity index (χ2n) is 8.24. The molecule has 2 aliphatic heterocycles. The predicted molar refractivity (Wildman–Crippen MR) is 135 cm³/mol. The minimum Gasteiger partial charge on any atom is -0.492 e. The molecule has 0 bridgehead atoms. The summed E-state index contributed by atoms with van der Waals surface area (Å²) >= 11 is 13.0. The summed E-state index contributed by atoms with van der Waals surface area (Å²) in [5.74, 6) is 0.511. The van der Waals surface area contributed by atoms with Gasteiger partial charge >= 0.3 is 6.09 Å². The zero-order valence-corrected chi connectivity index (χ0v) is 21.2. The number of carbonyl (C=O) groups is 3. The van der Waals surface area contributed by atoms with Gasteiger partial charge in [-0.25, -0.2) is 4.79 Å². The van der Waals surface area contributed by atoms with Crippen molar-refractivity contribution in [3.05, 3.63) is 63.6 Å². The zero-order valence-electron chi connectivity index (χ0n) is 18.9. The summed E-state index contributed by atoms with van der Waals surface area (Å²) in [5, 5.41) is 2.65. The van der Waals surface area contributed by atoms with Crippen LogP contribution in [0, 0.1) is 0 Å². The van der Waals surface area contributed by atoms with E-state index in [1.54, 1.807) is 23.1 Å². The Morgan fingerprint density at radius 3 is 2.31 bits per heavy atom. The molecule has 2 aromatic carbocycles. The maximum absolute atomic E-state index is 12.4. The Labute approximate surface area is 217 Å². The minimum absolute atomic E-state index is 0.122. The molecule has 2 saturated heterocycles. The second-order valence-corrected chi connectivity index (χ2v) is 10.3. The number of piperazine rings is 1. The van der Waals surface area contributed by atoms with Crippen molar-refractivity contribution in [3.8, 4) is 5.75 Å². The van der Waals surface area contributed by atoms with E-state index in [1.165, 1.54) is 0 Å². The van der Waals surface area contributed by atoms with Crippen LogP contribution in [0.5, 0.6) is 5.75 Å². The average Bonchev–Trinajstić information content (AvgIpc) is 3.14. The zero-order chi connectivity index (χ0) is 24.8. The SMILES string of the molecule is O=C1NC(=O)C(Cc2ccc(OCCN3CCN(C(=O)OCc4cc(Cl)cc(Cl)c4)CC3)cc2)S1. The number of amides is 3. The molecule has 35 heavy (non-hydrogen) atoms. The van der Waals surface area contributed by atoms with Crippen molar-refractivity contribution in [1.29, 1.82) is 0 Å². The Morgan fingerprint density at radius 2 is 1.69 bits per heavy atom. The fourth-order valence-corrected chi connectivity index (χ4v) is 5.27. The highest BCUT2D eigenvalue weighted by Crippen LogP contribution is 2.24. The molecule has 0 saturated carbocycles. The molecule has 3 amide bonds. The molecule has 1 atom stereocenters. The summed E-state index contributed by atoms with van der Waals surface area (Å²) in [6, 6.07) is 12.6. The van der Waals surface area contributed by atoms with Crippen LogP contribution >= 0.6 is 35.0 Å². The van der Waals surface area contributed by atoms with Gasteiger partial charge in [0.15, 0.2) is 0 Å². The number of nitrogens with one attached hydrogen (secondary N) is 1. The van der Waals surface area contributed by atoms with Crippen LogP contribution < -0.4 is 10.1 Å². The second kappa shape index (κ2) is 12.0. The highest BCUT2D eigenvalue weighted by molar-refractivity contribution is 8.15. The molecular formula is C24H25Cl2N3O5S. The van der Waals surface area contributed by atoms with E-state index in [0.29, 0.717) is 36.2 Å². The molecule has 2 aliphatic rings. The molecule has 0 aliphatic carbocycles. The Kier molecular flexibility index (Phi) is 8.78. The first-order valence-electron chi connectivity index (χ1n) is 11.2. The standard InChI is InChI=1S/C24H25Cl2N3O5S/c25-18-11-17(12-19(26)14-18)15-34-24(32)29-7-5-28(6-8-29)9-10-33-20-3-1-16(2-4-20)13-21-22(30)27-23(31)35-21/h1-4,11-12,14,21H,5-10,13,15H2,(H,27,30,31). The van der Waals surface area contributed by atoms with Gasteiger partial charge in [-0.15, -0.1) is 0 Å². The fourth-order valence-electron chi connectivity index (χ4n) is 3.84. The van der Waals surface area contributed by atoms with Gasteiger partial charge in [-0.05, 0) is 47.9 Å². The summed E-state index contributed by atoms with van der Waals surface area (Å²) in [7, 11) is 0. The van der Waals surface area contributed by atoms with Gasteiger partial charge in [-0.3, -0.25) is 19.8 Å². The van der Waals surface area contributed by atoms with Crippen molar-refractivity contribution in [2.75, 3.05) is 39.3 Å². The third kappa shape index (κ3) is 7.51. The number of benzene rings is 2. The summed E-state index contributed by atoms with van der Waals surface area (Å²) in [6.45, 7) is 4.02. The topological polar surface area (TPSA) is 88.2 Å². The largest absolute Gasteiger partial charge is 0.492 e. The molecule has 0 spiro atoms. The van der Waals surface area contributed by atoms with Crippen LogP contribution in [0.15, 0.2) is 42.5 Å². The van der Waals surface area contributed by atoms with E-state index in [0.717, 1.165) is 48.3 Å². The number of hydrogen-bond acceptors (Lipinski definition) is 7. The third-order valence-corrected chi connectivity index (χ3v) is 7.12. The number of thioether (sulfide) groups is 1. The van der Waals surface area contributed by atoms with Crippen molar-refractivity contribution in [2.24, 2.45) is 0 Å². The number of rotatable bonds is 8. The first kappa shape index (κ1) is 25.6. The quantitative estimate of drug-likeness (QED) is 0.539. The Morgan fingerprint density at radius 1 is 1.00 bits per heavy atom. The molecule has 0 aromatic heterocycles. The number of nitrogens with zero attached hydrogens (tertiary/aromatic N) is 2. The van der Waals surface area contributed by atoms with Crippen LogP contribution in [0.3, 0.4) is 0 Å². The van der Waals surface area contributed by atoms with E-state index in [9.17, 15) is 14.4 Å². The lowest BCUT2D eigenvalue weighted by Gasteiger charge is -2.33. The van der Waals surface area contributed by atoms with Gasteiger partial charge in [0.2, 0.25) is 5.91 Å². The highest BCUT2D eigenvalue weighted by atomic mass is 35.5. The van der Waals surface area contributed by atoms with E-state index in [1.807, 2.05) is 24.3 Å². The number of ether oxygens (including phenoxy) is 2. The molecule has 1 N–H and O–H groups in total. The number of halogens is 2. The summed E-state index contributed by atoms with van der Waals surface area (Å²) in [5.41, 5.74) is 1.72. The van der Waals surface area contributed by atoms with Crippen LogP contribution in [0.1, 0.15) is 11.1 Å². The summed E-state index contributed by atoms with van der Waals surface area (Å²) < 4.78 is 11.2. The molecule has 2 fully saturated rings. The van der Waals surface area contributed by atoms with Crippen LogP contribution in [-0.2, 0) is 22.6 Å². The molecule has 186 valence electrons. The van der Waals surface area contributed by atoms with Crippen LogP contribution in [0.2, 0.25) is 10.0 Å². The fraction of sp³-hybridized carbons (Fsp3) is 0.375. The molecule has 1 unspecified atom stereocenters. The van der Waals surface area contributed by atoms with Crippen molar-refractivity contribution in [1.82, 2.24) is 15.1 Å². The summed E-state index contributed by atoms with van der Waals surface area (Å²) in [6.07, 6.45) is 0.150. The third-order valence-electron chi connectivity index (χ3n) is 5.70. The van der Waals surface area contributed by atoms with E-state index >= 15 is 0 Å². The normalized spacial score (nSPS) is 18.5. The molecule has 2 aromatic rings. The lowest BCUT2D eigenvalue weighted by atomic mass is 10.1. The Hall–Kier alpha value is -2.46.